The van der Waals surface area contributed by atoms with Crippen molar-refractivity contribution in [2.24, 2.45) is 0 Å². The van der Waals surface area contributed by atoms with Crippen molar-refractivity contribution in [2.75, 3.05) is 5.88 Å². The second-order valence-corrected chi connectivity index (χ2v) is 6.52. The highest BCUT2D eigenvalue weighted by Crippen LogP contribution is 2.23. The first kappa shape index (κ1) is 14.7. The number of nitrogens with one attached hydrogen (secondary N) is 1. The molecule has 1 aromatic rings. The average molecular weight is 300 g/mol. The van der Waals surface area contributed by atoms with E-state index >= 15 is 0 Å². The van der Waals surface area contributed by atoms with Gasteiger partial charge in [-0.15, -0.1) is 11.6 Å². The van der Waals surface area contributed by atoms with Gasteiger partial charge in [0.05, 0.1) is 5.02 Å². The van der Waals surface area contributed by atoms with Crippen LogP contribution in [0.15, 0.2) is 23.1 Å². The summed E-state index contributed by atoms with van der Waals surface area (Å²) in [5.41, 5.74) is -0.837. The zero-order chi connectivity index (χ0) is 13.3. The Balaban J connectivity index is 3.18. The van der Waals surface area contributed by atoms with E-state index in [9.17, 15) is 12.8 Å². The number of benzene rings is 1. The third-order valence-corrected chi connectivity index (χ3v) is 4.78. The Bertz CT molecular complexity index is 517. The molecule has 3 nitrogen and oxygen atoms in total. The van der Waals surface area contributed by atoms with Gasteiger partial charge in [0.1, 0.15) is 10.7 Å². The fourth-order valence-corrected chi connectivity index (χ4v) is 3.20. The lowest BCUT2D eigenvalue weighted by Gasteiger charge is -2.23. The van der Waals surface area contributed by atoms with E-state index in [1.165, 1.54) is 6.07 Å². The molecule has 17 heavy (non-hydrogen) atoms. The third kappa shape index (κ3) is 3.81. The Morgan fingerprint density at radius 3 is 2.53 bits per heavy atom. The number of rotatable bonds is 4. The molecule has 0 amide bonds. The molecule has 0 unspecified atom stereocenters. The minimum atomic E-state index is -3.89. The Morgan fingerprint density at radius 2 is 2.00 bits per heavy atom. The van der Waals surface area contributed by atoms with Crippen molar-refractivity contribution in [3.05, 3.63) is 29.0 Å². The molecule has 0 aliphatic rings. The average Bonchev–Trinajstić information content (AvgIpc) is 2.20. The molecule has 0 aromatic heterocycles. The van der Waals surface area contributed by atoms with Gasteiger partial charge in [-0.25, -0.2) is 17.5 Å². The van der Waals surface area contributed by atoms with Crippen LogP contribution in [0.2, 0.25) is 5.02 Å². The molecule has 1 aromatic carbocycles. The van der Waals surface area contributed by atoms with Crippen LogP contribution in [0.1, 0.15) is 13.8 Å². The first-order valence-electron chi connectivity index (χ1n) is 4.73. The van der Waals surface area contributed by atoms with E-state index in [2.05, 4.69) is 4.72 Å². The molecule has 0 aliphatic carbocycles. The van der Waals surface area contributed by atoms with Crippen LogP contribution in [0.3, 0.4) is 0 Å². The summed E-state index contributed by atoms with van der Waals surface area (Å²) in [7, 11) is -3.89. The van der Waals surface area contributed by atoms with E-state index in [-0.39, 0.29) is 15.8 Å². The predicted molar refractivity (Wildman–Crippen MR) is 66.5 cm³/mol. The van der Waals surface area contributed by atoms with E-state index < -0.39 is 21.4 Å². The van der Waals surface area contributed by atoms with Crippen molar-refractivity contribution >= 4 is 33.2 Å². The number of sulfonamides is 1. The molecule has 1 rings (SSSR count). The largest absolute Gasteiger partial charge is 0.242 e. The van der Waals surface area contributed by atoms with Crippen LogP contribution in [-0.2, 0) is 10.0 Å². The molecular formula is C10H12Cl2FNO2S. The number of halogens is 3. The molecule has 7 heteroatoms. The Kier molecular flexibility index (Phi) is 4.41. The summed E-state index contributed by atoms with van der Waals surface area (Å²) in [5.74, 6) is -0.586. The Labute approximate surface area is 110 Å². The first-order chi connectivity index (χ1) is 7.68. The molecular weight excluding hydrogens is 288 g/mol. The normalized spacial score (nSPS) is 12.8. The summed E-state index contributed by atoms with van der Waals surface area (Å²) in [6, 6.07) is 3.15. The van der Waals surface area contributed by atoms with Crippen molar-refractivity contribution in [2.45, 2.75) is 24.3 Å². The Morgan fingerprint density at radius 1 is 1.41 bits per heavy atom. The topological polar surface area (TPSA) is 46.2 Å². The van der Waals surface area contributed by atoms with Gasteiger partial charge >= 0.3 is 0 Å². The molecule has 0 atom stereocenters. The lowest BCUT2D eigenvalue weighted by molar-refractivity contribution is 0.495. The van der Waals surface area contributed by atoms with Crippen LogP contribution in [0, 0.1) is 5.82 Å². The number of alkyl halides is 1. The lowest BCUT2D eigenvalue weighted by Crippen LogP contribution is -2.44. The van der Waals surface area contributed by atoms with Crippen LogP contribution >= 0.6 is 23.2 Å². The molecule has 0 saturated heterocycles. The zero-order valence-electron chi connectivity index (χ0n) is 9.30. The zero-order valence-corrected chi connectivity index (χ0v) is 11.6. The van der Waals surface area contributed by atoms with Crippen molar-refractivity contribution in [1.82, 2.24) is 4.72 Å². The van der Waals surface area contributed by atoms with E-state index in [1.807, 2.05) is 0 Å². The maximum atomic E-state index is 13.0. The van der Waals surface area contributed by atoms with Crippen LogP contribution in [0.5, 0.6) is 0 Å². The fourth-order valence-electron chi connectivity index (χ4n) is 1.13. The summed E-state index contributed by atoms with van der Waals surface area (Å²) in [5, 5.41) is -0.0377. The second-order valence-electron chi connectivity index (χ2n) is 4.20. The molecule has 0 aliphatic heterocycles. The first-order valence-corrected chi connectivity index (χ1v) is 7.12. The third-order valence-electron chi connectivity index (χ3n) is 1.93. The van der Waals surface area contributed by atoms with Gasteiger partial charge in [0.15, 0.2) is 0 Å². The maximum Gasteiger partial charge on any atom is 0.242 e. The summed E-state index contributed by atoms with van der Waals surface area (Å²) >= 11 is 11.4. The van der Waals surface area contributed by atoms with E-state index in [4.69, 9.17) is 23.2 Å². The van der Waals surface area contributed by atoms with Gasteiger partial charge < -0.3 is 0 Å². The molecule has 0 saturated carbocycles. The molecule has 0 heterocycles. The van der Waals surface area contributed by atoms with Crippen molar-refractivity contribution in [1.29, 1.82) is 0 Å². The van der Waals surface area contributed by atoms with Gasteiger partial charge in [-0.05, 0) is 32.0 Å². The van der Waals surface area contributed by atoms with E-state index in [0.29, 0.717) is 0 Å². The maximum absolute atomic E-state index is 13.0. The van der Waals surface area contributed by atoms with Crippen LogP contribution < -0.4 is 4.72 Å². The summed E-state index contributed by atoms with van der Waals surface area (Å²) in [6.45, 7) is 3.23. The second kappa shape index (κ2) is 5.10. The monoisotopic (exact) mass is 299 g/mol. The minimum Gasteiger partial charge on any atom is -0.207 e. The van der Waals surface area contributed by atoms with Gasteiger partial charge in [-0.1, -0.05) is 11.6 Å². The number of hydrogen-bond acceptors (Lipinski definition) is 2. The molecule has 0 radical (unpaired) electrons. The van der Waals surface area contributed by atoms with Gasteiger partial charge in [0.2, 0.25) is 10.0 Å². The molecule has 0 spiro atoms. The van der Waals surface area contributed by atoms with Crippen LogP contribution in [-0.4, -0.2) is 19.8 Å². The predicted octanol–water partition coefficient (Wildman–Crippen LogP) is 2.77. The van der Waals surface area contributed by atoms with Crippen LogP contribution in [0.25, 0.3) is 0 Å². The summed E-state index contributed by atoms with van der Waals surface area (Å²) in [4.78, 5) is -0.294. The fraction of sp³-hybridized carbons (Fsp3) is 0.400. The minimum absolute atomic E-state index is 0.0377. The molecule has 96 valence electrons. The number of hydrogen-bond donors (Lipinski definition) is 1. The SMILES string of the molecule is CC(C)(CCl)NS(=O)(=O)c1cc(F)ccc1Cl. The molecule has 0 fully saturated rings. The molecule has 0 bridgehead atoms. The molecule has 1 N–H and O–H groups in total. The highest BCUT2D eigenvalue weighted by molar-refractivity contribution is 7.89. The highest BCUT2D eigenvalue weighted by Gasteiger charge is 2.27. The van der Waals surface area contributed by atoms with Crippen molar-refractivity contribution in [3.63, 3.8) is 0 Å². The van der Waals surface area contributed by atoms with Crippen LogP contribution in [0.4, 0.5) is 4.39 Å². The Hall–Kier alpha value is -0.360. The van der Waals surface area contributed by atoms with Gasteiger partial charge in [0.25, 0.3) is 0 Å². The van der Waals surface area contributed by atoms with Gasteiger partial charge in [0, 0.05) is 11.4 Å². The van der Waals surface area contributed by atoms with Crippen molar-refractivity contribution < 1.29 is 12.8 Å². The highest BCUT2D eigenvalue weighted by atomic mass is 35.5. The van der Waals surface area contributed by atoms with Gasteiger partial charge in [-0.3, -0.25) is 0 Å². The van der Waals surface area contributed by atoms with Gasteiger partial charge in [-0.2, -0.15) is 0 Å². The van der Waals surface area contributed by atoms with E-state index in [0.717, 1.165) is 12.1 Å². The van der Waals surface area contributed by atoms with Crippen molar-refractivity contribution in [3.8, 4) is 0 Å². The standard InChI is InChI=1S/C10H12Cl2FNO2S/c1-10(2,6-11)14-17(15,16)9-5-7(13)3-4-8(9)12/h3-5,14H,6H2,1-2H3. The smallest absolute Gasteiger partial charge is 0.207 e. The lowest BCUT2D eigenvalue weighted by atomic mass is 10.1. The summed E-state index contributed by atoms with van der Waals surface area (Å²) in [6.07, 6.45) is 0. The summed E-state index contributed by atoms with van der Waals surface area (Å²) < 4.78 is 39.3. The quantitative estimate of drug-likeness (QED) is 0.869. The van der Waals surface area contributed by atoms with E-state index in [1.54, 1.807) is 13.8 Å².